The number of nitrogens with zero attached hydrogens (tertiary/aromatic N) is 1. The van der Waals surface area contributed by atoms with Crippen molar-refractivity contribution < 1.29 is 22.8 Å². The van der Waals surface area contributed by atoms with E-state index in [0.29, 0.717) is 5.06 Å². The van der Waals surface area contributed by atoms with Gasteiger partial charge in [0.05, 0.1) is 16.0 Å². The van der Waals surface area contributed by atoms with Crippen molar-refractivity contribution >= 4 is 21.7 Å². The van der Waals surface area contributed by atoms with Crippen LogP contribution in [0.2, 0.25) is 0 Å². The third-order valence-electron chi connectivity index (χ3n) is 3.52. The highest BCUT2D eigenvalue weighted by Crippen LogP contribution is 2.25. The lowest BCUT2D eigenvalue weighted by molar-refractivity contribution is -0.100. The maximum Gasteiger partial charge on any atom is 0.285 e. The van der Waals surface area contributed by atoms with Crippen LogP contribution in [0.3, 0.4) is 0 Å². The van der Waals surface area contributed by atoms with Gasteiger partial charge in [0, 0.05) is 0 Å². The van der Waals surface area contributed by atoms with Gasteiger partial charge in [-0.05, 0) is 31.2 Å². The van der Waals surface area contributed by atoms with Gasteiger partial charge in [-0.2, -0.15) is 0 Å². The number of sulfone groups is 1. The molecule has 1 heterocycles. The summed E-state index contributed by atoms with van der Waals surface area (Å²) in [6.45, 7) is 1.28. The van der Waals surface area contributed by atoms with Crippen molar-refractivity contribution in [1.29, 1.82) is 0 Å². The summed E-state index contributed by atoms with van der Waals surface area (Å²) >= 11 is 0. The van der Waals surface area contributed by atoms with Gasteiger partial charge in [0.25, 0.3) is 11.8 Å². The number of carbonyl (C=O) groups is 2. The first kappa shape index (κ1) is 15.4. The number of fused-ring (bicyclic) bond motifs is 1. The van der Waals surface area contributed by atoms with Crippen molar-refractivity contribution in [3.63, 3.8) is 0 Å². The number of hydrogen-bond donors (Lipinski definition) is 0. The Labute approximate surface area is 133 Å². The molecule has 1 aliphatic heterocycles. The predicted molar refractivity (Wildman–Crippen MR) is 81.1 cm³/mol. The average Bonchev–Trinajstić information content (AvgIpc) is 2.81. The second kappa shape index (κ2) is 5.60. The molecule has 0 radical (unpaired) electrons. The molecule has 2 aromatic carbocycles. The molecular weight excluding hydrogens is 318 g/mol. The molecule has 0 bridgehead atoms. The molecule has 6 nitrogen and oxygen atoms in total. The third-order valence-corrected chi connectivity index (χ3v) is 5.41. The molecule has 23 heavy (non-hydrogen) atoms. The van der Waals surface area contributed by atoms with E-state index in [1.807, 2.05) is 0 Å². The molecule has 1 atom stereocenters. The lowest BCUT2D eigenvalue weighted by Crippen LogP contribution is -2.36. The Bertz CT molecular complexity index is 841. The molecule has 0 fully saturated rings. The summed E-state index contributed by atoms with van der Waals surface area (Å²) in [4.78, 5) is 29.6. The molecule has 2 amide bonds. The zero-order valence-electron chi connectivity index (χ0n) is 12.2. The maximum atomic E-state index is 12.4. The van der Waals surface area contributed by atoms with Crippen LogP contribution in [-0.2, 0) is 14.7 Å². The molecule has 7 heteroatoms. The summed E-state index contributed by atoms with van der Waals surface area (Å²) in [5, 5.41) is 0.510. The van der Waals surface area contributed by atoms with Gasteiger partial charge >= 0.3 is 0 Å². The molecular formula is C16H13NO5S. The van der Waals surface area contributed by atoms with E-state index < -0.39 is 27.1 Å². The quantitative estimate of drug-likeness (QED) is 0.801. The summed E-state index contributed by atoms with van der Waals surface area (Å²) in [5.74, 6) is -1.33. The Morgan fingerprint density at radius 3 is 1.87 bits per heavy atom. The standard InChI is InChI=1S/C16H13NO5S/c1-11(23(20,21)12-7-3-2-4-8-12)22-17-15(18)13-9-5-6-10-14(13)16(17)19/h2-11H,1H3. The summed E-state index contributed by atoms with van der Waals surface area (Å²) in [7, 11) is -3.83. The number of amides is 2. The Morgan fingerprint density at radius 2 is 1.35 bits per heavy atom. The van der Waals surface area contributed by atoms with E-state index in [9.17, 15) is 18.0 Å². The molecule has 3 rings (SSSR count). The predicted octanol–water partition coefficient (Wildman–Crippen LogP) is 2.03. The maximum absolute atomic E-state index is 12.4. The molecule has 0 N–H and O–H groups in total. The average molecular weight is 331 g/mol. The van der Waals surface area contributed by atoms with Crippen LogP contribution in [0.5, 0.6) is 0 Å². The van der Waals surface area contributed by atoms with Crippen molar-refractivity contribution in [2.45, 2.75) is 17.3 Å². The van der Waals surface area contributed by atoms with Crippen LogP contribution in [0.15, 0.2) is 59.5 Å². The minimum absolute atomic E-state index is 0.0594. The fourth-order valence-corrected chi connectivity index (χ4v) is 3.39. The monoisotopic (exact) mass is 331 g/mol. The topological polar surface area (TPSA) is 80.8 Å². The third kappa shape index (κ3) is 2.54. The first-order chi connectivity index (χ1) is 10.9. The number of benzene rings is 2. The lowest BCUT2D eigenvalue weighted by atomic mass is 10.1. The summed E-state index contributed by atoms with van der Waals surface area (Å²) in [6, 6.07) is 14.0. The second-order valence-corrected chi connectivity index (χ2v) is 7.21. The van der Waals surface area contributed by atoms with Gasteiger partial charge in [-0.25, -0.2) is 13.3 Å². The number of hydroxylamine groups is 2. The van der Waals surface area contributed by atoms with Crippen LogP contribution in [0.1, 0.15) is 27.6 Å². The van der Waals surface area contributed by atoms with Gasteiger partial charge in [-0.15, -0.1) is 5.06 Å². The van der Waals surface area contributed by atoms with Gasteiger partial charge in [0.15, 0.2) is 5.44 Å². The zero-order valence-corrected chi connectivity index (χ0v) is 13.0. The van der Waals surface area contributed by atoms with Crippen LogP contribution in [0, 0.1) is 0 Å². The van der Waals surface area contributed by atoms with E-state index in [1.54, 1.807) is 30.3 Å². The van der Waals surface area contributed by atoms with Crippen LogP contribution in [0.25, 0.3) is 0 Å². The van der Waals surface area contributed by atoms with Crippen LogP contribution < -0.4 is 0 Å². The van der Waals surface area contributed by atoms with Gasteiger partial charge in [-0.1, -0.05) is 30.3 Å². The van der Waals surface area contributed by atoms with Crippen molar-refractivity contribution in [3.8, 4) is 0 Å². The Kier molecular flexibility index (Phi) is 3.75. The molecule has 1 aliphatic rings. The van der Waals surface area contributed by atoms with E-state index in [4.69, 9.17) is 4.84 Å². The number of imide groups is 1. The summed E-state index contributed by atoms with van der Waals surface area (Å²) in [6.07, 6.45) is 0. The van der Waals surface area contributed by atoms with Crippen molar-refractivity contribution in [1.82, 2.24) is 5.06 Å². The highest BCUT2D eigenvalue weighted by atomic mass is 32.2. The fraction of sp³-hybridized carbons (Fsp3) is 0.125. The number of carbonyl (C=O) groups excluding carboxylic acids is 2. The minimum atomic E-state index is -3.83. The van der Waals surface area contributed by atoms with Crippen LogP contribution in [0.4, 0.5) is 0 Å². The SMILES string of the molecule is CC(ON1C(=O)c2ccccc2C1=O)S(=O)(=O)c1ccccc1. The number of hydrogen-bond acceptors (Lipinski definition) is 5. The van der Waals surface area contributed by atoms with Gasteiger partial charge in [-0.3, -0.25) is 9.59 Å². The van der Waals surface area contributed by atoms with Crippen molar-refractivity contribution in [2.24, 2.45) is 0 Å². The first-order valence-corrected chi connectivity index (χ1v) is 8.41. The van der Waals surface area contributed by atoms with Crippen molar-refractivity contribution in [2.75, 3.05) is 0 Å². The smallest absolute Gasteiger partial charge is 0.266 e. The minimum Gasteiger partial charge on any atom is -0.266 e. The van der Waals surface area contributed by atoms with Gasteiger partial charge < -0.3 is 0 Å². The Hall–Kier alpha value is -2.51. The number of rotatable bonds is 4. The Morgan fingerprint density at radius 1 is 0.870 bits per heavy atom. The molecule has 0 aliphatic carbocycles. The largest absolute Gasteiger partial charge is 0.285 e. The molecule has 2 aromatic rings. The molecule has 0 saturated carbocycles. The fourth-order valence-electron chi connectivity index (χ4n) is 2.27. The zero-order chi connectivity index (χ0) is 16.6. The Balaban J connectivity index is 1.86. The molecule has 0 saturated heterocycles. The normalized spacial score (nSPS) is 15.6. The van der Waals surface area contributed by atoms with E-state index in [-0.39, 0.29) is 16.0 Å². The van der Waals surface area contributed by atoms with E-state index in [2.05, 4.69) is 0 Å². The second-order valence-electron chi connectivity index (χ2n) is 4.98. The molecule has 1 unspecified atom stereocenters. The van der Waals surface area contributed by atoms with Gasteiger partial charge in [0.1, 0.15) is 0 Å². The highest BCUT2D eigenvalue weighted by Gasteiger charge is 2.39. The highest BCUT2D eigenvalue weighted by molar-refractivity contribution is 7.91. The molecule has 118 valence electrons. The van der Waals surface area contributed by atoms with Crippen LogP contribution >= 0.6 is 0 Å². The summed E-state index contributed by atoms with van der Waals surface area (Å²) in [5.41, 5.74) is -0.990. The van der Waals surface area contributed by atoms with Crippen LogP contribution in [-0.4, -0.2) is 30.7 Å². The van der Waals surface area contributed by atoms with E-state index in [0.717, 1.165) is 0 Å². The first-order valence-electron chi connectivity index (χ1n) is 6.86. The summed E-state index contributed by atoms with van der Waals surface area (Å²) < 4.78 is 24.9. The van der Waals surface area contributed by atoms with Crippen molar-refractivity contribution in [3.05, 3.63) is 65.7 Å². The van der Waals surface area contributed by atoms with E-state index >= 15 is 0 Å². The van der Waals surface area contributed by atoms with E-state index in [1.165, 1.54) is 31.2 Å². The molecule has 0 spiro atoms. The molecule has 0 aromatic heterocycles. The lowest BCUT2D eigenvalue weighted by Gasteiger charge is -2.19. The van der Waals surface area contributed by atoms with Gasteiger partial charge in [0.2, 0.25) is 9.84 Å².